The second-order valence-corrected chi connectivity index (χ2v) is 11.9. The number of halogens is 1. The second kappa shape index (κ2) is 9.07. The van der Waals surface area contributed by atoms with Crippen LogP contribution in [0.25, 0.3) is 27.6 Å². The number of Topliss-reactive ketones (excluding diaryl/α,β-unsaturated/α-hetero) is 2. The van der Waals surface area contributed by atoms with E-state index in [1.165, 1.54) is 6.07 Å². The van der Waals surface area contributed by atoms with Gasteiger partial charge in [0.05, 0.1) is 16.9 Å². The fourth-order valence-electron chi connectivity index (χ4n) is 6.90. The Balaban J connectivity index is -0.000000142. The number of fused-ring (bicyclic) bond motifs is 6. The molecule has 1 heterocycles. The molecule has 2 aliphatic rings. The second-order valence-electron chi connectivity index (χ2n) is 11.9. The third-order valence-electron chi connectivity index (χ3n) is 8.95. The van der Waals surface area contributed by atoms with Crippen LogP contribution in [0.3, 0.4) is 0 Å². The van der Waals surface area contributed by atoms with Gasteiger partial charge in [-0.15, -0.1) is 0 Å². The summed E-state index contributed by atoms with van der Waals surface area (Å²) in [7, 11) is 0. The lowest BCUT2D eigenvalue weighted by atomic mass is 9.71. The average Bonchev–Trinajstić information content (AvgIpc) is 3.78. The van der Waals surface area contributed by atoms with Gasteiger partial charge in [0.25, 0.3) is 0 Å². The predicted octanol–water partition coefficient (Wildman–Crippen LogP) is 13.9. The molecule has 0 saturated heterocycles. The Bertz CT molecular complexity index is 2230. The van der Waals surface area contributed by atoms with Crippen LogP contribution in [-0.4, -0.2) is 11.6 Å². The van der Waals surface area contributed by atoms with Crippen molar-refractivity contribution in [1.82, 2.24) is 0 Å². The molecule has 0 aromatic heterocycles. The first-order valence-electron chi connectivity index (χ1n) is 31.4. The molecule has 0 N–H and O–H groups in total. The number of hydrogen-bond acceptors (Lipinski definition) is 3. The van der Waals surface area contributed by atoms with Crippen LogP contribution in [0.5, 0.6) is 0 Å². The number of carbonyl (C=O) groups is 2. The first-order valence-corrected chi connectivity index (χ1v) is 14.4. The number of hydrogen-bond donors (Lipinski definition) is 0. The number of para-hydroxylation sites is 1. The van der Waals surface area contributed by atoms with Crippen LogP contribution in [0, 0.1) is 5.82 Å². The van der Waals surface area contributed by atoms with Crippen LogP contribution in [0.4, 0.5) is 21.5 Å². The first-order chi connectivity index (χ1) is 37.8. The van der Waals surface area contributed by atoms with Crippen molar-refractivity contribution >= 4 is 56.2 Å². The minimum Gasteiger partial charge on any atom is -0.310 e. The SMILES string of the molecule is CC1(C)c2cc(F)ccc2N(c2ccccc2)c2ccc3cc(C=C4C(=O)c5cc6ccccc6cc5C4=O)ccc3c21.[2H][2H].[2H][2H].[2H][2H].[2H][2H].[2H][2H].[2H][2H].[2H][2H].[2H][2H].[2H][2H].[2H][2H].[2H][2H].[2H][2H].[2H][2H].[2H][2H].[2H][2H].[2H][2H].[2H][2H]. The van der Waals surface area contributed by atoms with Gasteiger partial charge in [0.1, 0.15) is 5.82 Å². The Morgan fingerprint density at radius 2 is 1.35 bits per heavy atom. The minimum atomic E-state index is -0.488. The number of nitrogens with zero attached hydrogens (tertiary/aromatic N) is 1. The lowest BCUT2D eigenvalue weighted by Gasteiger charge is -2.42. The van der Waals surface area contributed by atoms with Crippen molar-refractivity contribution < 1.29 is 64.5 Å². The molecule has 0 bridgehead atoms. The number of rotatable bonds is 2. The maximum Gasteiger partial charge on any atom is 0.197 e. The van der Waals surface area contributed by atoms with Gasteiger partial charge >= 0.3 is 0 Å². The molecule has 0 amide bonds. The molecule has 6 aromatic rings. The maximum absolute atomic E-state index is 14.7. The molecular formula is C39H60FNO2. The zero-order chi connectivity index (χ0) is 63.5. The number of carbonyl (C=O) groups excluding carboxylic acids is 2. The Morgan fingerprint density at radius 1 is 0.698 bits per heavy atom. The molecular weight excluding hydrogens is 533 g/mol. The summed E-state index contributed by atoms with van der Waals surface area (Å²) in [4.78, 5) is 29.0. The summed E-state index contributed by atoms with van der Waals surface area (Å²) in [6.07, 6.45) is 1.71. The summed E-state index contributed by atoms with van der Waals surface area (Å²) in [6, 6.07) is 36.8. The Morgan fingerprint density at radius 3 is 2.05 bits per heavy atom. The largest absolute Gasteiger partial charge is 0.310 e. The molecule has 240 valence electrons. The Kier molecular flexibility index (Phi) is 2.81. The number of benzene rings is 6. The highest BCUT2D eigenvalue weighted by atomic mass is 19.1. The van der Waals surface area contributed by atoms with E-state index in [-0.39, 0.29) is 23.0 Å². The van der Waals surface area contributed by atoms with Crippen molar-refractivity contribution in [2.24, 2.45) is 0 Å². The molecule has 4 heteroatoms. The van der Waals surface area contributed by atoms with Crippen LogP contribution in [0.1, 0.15) is 102 Å². The summed E-state index contributed by atoms with van der Waals surface area (Å²) in [6.45, 7) is 4.28. The topological polar surface area (TPSA) is 37.4 Å². The summed E-state index contributed by atoms with van der Waals surface area (Å²) < 4.78 is 185. The predicted molar refractivity (Wildman–Crippen MR) is 207 cm³/mol. The number of anilines is 3. The third kappa shape index (κ3) is 3.73. The molecule has 1 aliphatic heterocycles. The summed E-state index contributed by atoms with van der Waals surface area (Å²) >= 11 is 0. The van der Waals surface area contributed by atoms with E-state index in [1.54, 1.807) is 12.1 Å². The normalized spacial score (nSPS) is 18.2. The number of ketones is 2. The smallest absolute Gasteiger partial charge is 0.197 e. The fourth-order valence-corrected chi connectivity index (χ4v) is 6.90. The van der Waals surface area contributed by atoms with Crippen molar-refractivity contribution in [2.75, 3.05) is 4.90 Å². The van der Waals surface area contributed by atoms with Gasteiger partial charge in [-0.1, -0.05) is 74.5 Å². The van der Waals surface area contributed by atoms with Crippen LogP contribution < -0.4 is 4.90 Å². The Hall–Kier alpha value is -5.35. The standard InChI is InChI=1S/C39H26FNO2.17H2/c1-39(2)33-22-27(40)14-17-34(33)41(28-10-4-3-5-11-28)35-16-13-26-18-23(12-15-29(26)36(35)39)19-32-37(42)30-20-24-8-6-7-9-25(24)21-31(30)38(32)43;;;;;;;;;;;;;;;;;/h3-22H,1-2H3;17*1H/i;17*1+1D. The quantitative estimate of drug-likeness (QED) is 0.142. The van der Waals surface area contributed by atoms with Crippen molar-refractivity contribution in [3.63, 3.8) is 0 Å². The van der Waals surface area contributed by atoms with E-state index < -0.39 is 5.41 Å². The van der Waals surface area contributed by atoms with Crippen LogP contribution in [0.2, 0.25) is 0 Å². The number of allylic oxidation sites excluding steroid dienone is 1. The summed E-state index contributed by atoms with van der Waals surface area (Å²) in [5, 5.41) is 3.90. The molecule has 0 spiro atoms. The van der Waals surface area contributed by atoms with E-state index in [4.69, 9.17) is 50.5 Å². The van der Waals surface area contributed by atoms with Gasteiger partial charge in [0.2, 0.25) is 0 Å². The lowest BCUT2D eigenvalue weighted by molar-refractivity contribution is 0.0990. The van der Waals surface area contributed by atoms with E-state index in [0.717, 1.165) is 55.3 Å². The molecule has 3 nitrogen and oxygen atoms in total. The van der Waals surface area contributed by atoms with E-state index >= 15 is 0 Å². The zero-order valence-electron chi connectivity index (χ0n) is 57.7. The van der Waals surface area contributed by atoms with E-state index in [1.807, 2.05) is 72.8 Å². The fraction of sp³-hybridized carbons (Fsp3) is 0.0769. The van der Waals surface area contributed by atoms with Gasteiger partial charge in [-0.25, -0.2) is 4.39 Å². The minimum absolute atomic E-state index is 0.183. The van der Waals surface area contributed by atoms with E-state index in [9.17, 15) is 14.0 Å². The van der Waals surface area contributed by atoms with Crippen LogP contribution in [0.15, 0.2) is 121 Å². The highest BCUT2D eigenvalue weighted by Gasteiger charge is 2.39. The van der Waals surface area contributed by atoms with Gasteiger partial charge in [0, 0.05) is 72.7 Å². The maximum atomic E-state index is 14.7. The molecule has 0 atom stereocenters. The molecule has 0 saturated carbocycles. The van der Waals surface area contributed by atoms with Crippen LogP contribution >= 0.6 is 0 Å². The van der Waals surface area contributed by atoms with Gasteiger partial charge in [-0.3, -0.25) is 9.59 Å². The van der Waals surface area contributed by atoms with Crippen molar-refractivity contribution in [3.05, 3.63) is 154 Å². The summed E-state index contributed by atoms with van der Waals surface area (Å²) in [5.74, 6) is -0.749. The van der Waals surface area contributed by atoms with Gasteiger partial charge < -0.3 is 4.90 Å². The monoisotopic (exact) mass is 628 g/mol. The highest BCUT2D eigenvalue weighted by molar-refractivity contribution is 6.42. The molecule has 0 radical (unpaired) electrons. The highest BCUT2D eigenvalue weighted by Crippen LogP contribution is 2.54. The third-order valence-corrected chi connectivity index (χ3v) is 8.95. The van der Waals surface area contributed by atoms with Crippen molar-refractivity contribution in [3.8, 4) is 0 Å². The van der Waals surface area contributed by atoms with Gasteiger partial charge in [0.15, 0.2) is 11.6 Å². The Labute approximate surface area is 301 Å². The van der Waals surface area contributed by atoms with E-state index in [2.05, 4.69) is 49.1 Å². The molecule has 0 fully saturated rings. The molecule has 1 aliphatic carbocycles. The summed E-state index contributed by atoms with van der Waals surface area (Å²) in [5.41, 5.74) is 6.39. The molecule has 6 aromatic carbocycles. The zero-order valence-corrected chi connectivity index (χ0v) is 23.7. The molecule has 43 heavy (non-hydrogen) atoms. The van der Waals surface area contributed by atoms with Crippen molar-refractivity contribution in [2.45, 2.75) is 19.3 Å². The first kappa shape index (κ1) is 13.3. The van der Waals surface area contributed by atoms with Crippen molar-refractivity contribution in [1.29, 1.82) is 0 Å². The average molecular weight is 628 g/mol. The lowest BCUT2D eigenvalue weighted by Crippen LogP contribution is -2.31. The molecule has 0 unspecified atom stereocenters. The van der Waals surface area contributed by atoms with Crippen LogP contribution in [-0.2, 0) is 5.41 Å². The molecule has 8 rings (SSSR count). The van der Waals surface area contributed by atoms with Gasteiger partial charge in [-0.05, 0) is 98.9 Å². The van der Waals surface area contributed by atoms with Gasteiger partial charge in [-0.2, -0.15) is 0 Å². The van der Waals surface area contributed by atoms with E-state index in [0.29, 0.717) is 11.1 Å².